The first-order chi connectivity index (χ1) is 18.7. The minimum absolute atomic E-state index is 0.0813. The molecule has 2 unspecified atom stereocenters. The van der Waals surface area contributed by atoms with Crippen molar-refractivity contribution in [2.45, 2.75) is 32.2 Å². The number of hydrogen-bond acceptors (Lipinski definition) is 5. The number of carbonyl (C=O) groups is 1. The van der Waals surface area contributed by atoms with E-state index in [2.05, 4.69) is 34.4 Å². The summed E-state index contributed by atoms with van der Waals surface area (Å²) in [7, 11) is 2.57. The van der Waals surface area contributed by atoms with Crippen LogP contribution < -0.4 is 5.32 Å². The van der Waals surface area contributed by atoms with E-state index in [9.17, 15) is 23.1 Å². The predicted octanol–water partition coefficient (Wildman–Crippen LogP) is 5.49. The van der Waals surface area contributed by atoms with E-state index in [4.69, 9.17) is 4.74 Å². The largest absolute Gasteiger partial charge is 0.396 e. The third-order valence-electron chi connectivity index (χ3n) is 6.95. The highest BCUT2D eigenvalue weighted by atomic mass is 19.3. The van der Waals surface area contributed by atoms with E-state index in [1.54, 1.807) is 6.07 Å². The number of pyridine rings is 1. The molecule has 0 bridgehead atoms. The minimum atomic E-state index is -3.13. The average Bonchev–Trinajstić information content (AvgIpc) is 2.94. The molecule has 210 valence electrons. The van der Waals surface area contributed by atoms with Crippen molar-refractivity contribution in [1.29, 1.82) is 0 Å². The van der Waals surface area contributed by atoms with E-state index in [0.717, 1.165) is 54.8 Å². The number of amides is 1. The van der Waals surface area contributed by atoms with Crippen LogP contribution in [0.25, 0.3) is 11.1 Å². The highest BCUT2D eigenvalue weighted by molar-refractivity contribution is 6.04. The molecule has 1 aromatic heterocycles. The van der Waals surface area contributed by atoms with Gasteiger partial charge in [0, 0.05) is 49.5 Å². The number of benzene rings is 2. The third kappa shape index (κ3) is 7.88. The van der Waals surface area contributed by atoms with Crippen LogP contribution in [0.3, 0.4) is 0 Å². The first kappa shape index (κ1) is 30.3. The van der Waals surface area contributed by atoms with Crippen LogP contribution in [0.4, 0.5) is 18.9 Å². The molecular formula is C30H36F3N3O3. The Balaban J connectivity index is 0.00000205. The molecule has 1 aliphatic rings. The van der Waals surface area contributed by atoms with Crippen LogP contribution >= 0.6 is 0 Å². The molecule has 0 radical (unpaired) electrons. The third-order valence-corrected chi connectivity index (χ3v) is 6.95. The number of nitrogens with one attached hydrogen (secondary N) is 1. The second kappa shape index (κ2) is 13.7. The Bertz CT molecular complexity index is 1230. The lowest BCUT2D eigenvalue weighted by atomic mass is 9.90. The second-order valence-corrected chi connectivity index (χ2v) is 9.77. The molecule has 9 heteroatoms. The number of ether oxygens (including phenoxy) is 1. The molecule has 2 aromatic carbocycles. The Morgan fingerprint density at radius 1 is 1.18 bits per heavy atom. The second-order valence-electron chi connectivity index (χ2n) is 9.77. The fourth-order valence-electron chi connectivity index (χ4n) is 4.67. The number of aromatic nitrogens is 1. The first-order valence-corrected chi connectivity index (χ1v) is 12.8. The molecule has 1 saturated heterocycles. The number of nitrogens with zero attached hydrogens (tertiary/aromatic N) is 2. The van der Waals surface area contributed by atoms with Gasteiger partial charge < -0.3 is 15.2 Å². The average molecular weight is 544 g/mol. The van der Waals surface area contributed by atoms with E-state index >= 15 is 0 Å². The summed E-state index contributed by atoms with van der Waals surface area (Å²) in [5.41, 5.74) is 4.35. The van der Waals surface area contributed by atoms with Crippen molar-refractivity contribution in [3.05, 3.63) is 83.2 Å². The molecule has 39 heavy (non-hydrogen) atoms. The van der Waals surface area contributed by atoms with E-state index in [-0.39, 0.29) is 24.1 Å². The van der Waals surface area contributed by atoms with Crippen molar-refractivity contribution in [3.63, 3.8) is 0 Å². The van der Waals surface area contributed by atoms with E-state index in [1.165, 1.54) is 12.3 Å². The Labute approximate surface area is 227 Å². The highest BCUT2D eigenvalue weighted by Crippen LogP contribution is 2.29. The van der Waals surface area contributed by atoms with Gasteiger partial charge in [0.1, 0.15) is 5.69 Å². The Morgan fingerprint density at radius 3 is 2.54 bits per heavy atom. The number of aliphatic hydroxyl groups excluding tert-OH is 1. The normalized spacial score (nSPS) is 16.7. The van der Waals surface area contributed by atoms with Crippen molar-refractivity contribution in [3.8, 4) is 11.1 Å². The van der Waals surface area contributed by atoms with Crippen LogP contribution in [0, 0.1) is 12.8 Å². The summed E-state index contributed by atoms with van der Waals surface area (Å²) in [5, 5.41) is 12.8. The lowest BCUT2D eigenvalue weighted by molar-refractivity contribution is -0.0274. The van der Waals surface area contributed by atoms with Gasteiger partial charge in [-0.05, 0) is 66.9 Å². The van der Waals surface area contributed by atoms with Crippen LogP contribution in [0.15, 0.2) is 60.8 Å². The van der Waals surface area contributed by atoms with Gasteiger partial charge in [-0.15, -0.1) is 0 Å². The number of halogens is 3. The van der Waals surface area contributed by atoms with E-state index in [0.29, 0.717) is 19.5 Å². The standard InChI is InChI=1S/C29H33F2N3O3.CH3F/c1-19-4-9-24(33-28(36)22-10-11-32-27(15-22)29(2,30)31)16-25(19)21-7-5-20(6-8-21)14-23(17-35)26-18-37-13-12-34(26)3;1-2/h4-11,15-16,23,26,35H,12-14,17-18H2,1-3H3,(H,33,36);1H3. The number of hydrogen-bond donors (Lipinski definition) is 2. The first-order valence-electron chi connectivity index (χ1n) is 12.8. The molecule has 2 heterocycles. The lowest BCUT2D eigenvalue weighted by Crippen LogP contribution is -2.48. The molecule has 0 saturated carbocycles. The van der Waals surface area contributed by atoms with Gasteiger partial charge in [0.2, 0.25) is 0 Å². The monoisotopic (exact) mass is 543 g/mol. The predicted molar refractivity (Wildman–Crippen MR) is 147 cm³/mol. The highest BCUT2D eigenvalue weighted by Gasteiger charge is 2.28. The van der Waals surface area contributed by atoms with Gasteiger partial charge in [0.15, 0.2) is 0 Å². The van der Waals surface area contributed by atoms with Crippen LogP contribution in [0.1, 0.15) is 34.1 Å². The molecule has 0 spiro atoms. The van der Waals surface area contributed by atoms with E-state index in [1.807, 2.05) is 31.2 Å². The summed E-state index contributed by atoms with van der Waals surface area (Å²) >= 11 is 0. The van der Waals surface area contributed by atoms with Gasteiger partial charge >= 0.3 is 0 Å². The van der Waals surface area contributed by atoms with Crippen molar-refractivity contribution in [1.82, 2.24) is 9.88 Å². The molecule has 3 aromatic rings. The maximum absolute atomic E-state index is 13.6. The number of aryl methyl sites for hydroxylation is 1. The van der Waals surface area contributed by atoms with Crippen molar-refractivity contribution in [2.24, 2.45) is 5.92 Å². The zero-order chi connectivity index (χ0) is 28.6. The summed E-state index contributed by atoms with van der Waals surface area (Å²) in [6.07, 6.45) is 1.96. The Morgan fingerprint density at radius 2 is 1.90 bits per heavy atom. The van der Waals surface area contributed by atoms with Crippen molar-refractivity contribution >= 4 is 11.6 Å². The van der Waals surface area contributed by atoms with Gasteiger partial charge in [-0.3, -0.25) is 19.1 Å². The maximum Gasteiger partial charge on any atom is 0.286 e. The quantitative estimate of drug-likeness (QED) is 0.393. The Hall–Kier alpha value is -3.27. The molecular weight excluding hydrogens is 507 g/mol. The maximum atomic E-state index is 13.6. The van der Waals surface area contributed by atoms with Crippen LogP contribution in [0.2, 0.25) is 0 Å². The number of carbonyl (C=O) groups excluding carboxylic acids is 1. The van der Waals surface area contributed by atoms with Gasteiger partial charge in [0.05, 0.1) is 20.4 Å². The summed E-state index contributed by atoms with van der Waals surface area (Å²) in [5.74, 6) is -3.53. The van der Waals surface area contributed by atoms with Crippen molar-refractivity contribution < 1.29 is 27.8 Å². The molecule has 4 rings (SSSR count). The topological polar surface area (TPSA) is 74.7 Å². The van der Waals surface area contributed by atoms with Crippen LogP contribution in [-0.4, -0.2) is 67.5 Å². The molecule has 2 atom stereocenters. The smallest absolute Gasteiger partial charge is 0.286 e. The van der Waals surface area contributed by atoms with Gasteiger partial charge in [-0.2, -0.15) is 8.78 Å². The lowest BCUT2D eigenvalue weighted by Gasteiger charge is -2.37. The Kier molecular flexibility index (Phi) is 10.6. The molecule has 1 amide bonds. The number of rotatable bonds is 8. The number of anilines is 1. The summed E-state index contributed by atoms with van der Waals surface area (Å²) in [6, 6.07) is 16.5. The van der Waals surface area contributed by atoms with E-state index < -0.39 is 17.5 Å². The fraction of sp³-hybridized carbons (Fsp3) is 0.400. The van der Waals surface area contributed by atoms with Gasteiger partial charge in [-0.25, -0.2) is 0 Å². The zero-order valence-corrected chi connectivity index (χ0v) is 22.8. The number of aliphatic hydroxyl groups is 1. The summed E-state index contributed by atoms with van der Waals surface area (Å²) in [6.45, 7) is 5.04. The van der Waals surface area contributed by atoms with Crippen LogP contribution in [-0.2, 0) is 17.1 Å². The SMILES string of the molecule is CF.Cc1ccc(NC(=O)c2ccnc(C(C)(F)F)c2)cc1-c1ccc(CC(CO)C2COCCN2C)cc1. The van der Waals surface area contributed by atoms with Gasteiger partial charge in [0.25, 0.3) is 11.8 Å². The molecule has 6 nitrogen and oxygen atoms in total. The summed E-state index contributed by atoms with van der Waals surface area (Å²) in [4.78, 5) is 18.7. The molecule has 1 fully saturated rings. The molecule has 2 N–H and O–H groups in total. The number of likely N-dealkylation sites (N-methyl/N-ethyl adjacent to an activating group) is 1. The minimum Gasteiger partial charge on any atom is -0.396 e. The van der Waals surface area contributed by atoms with Gasteiger partial charge in [-0.1, -0.05) is 30.3 Å². The molecule has 1 aliphatic heterocycles. The summed E-state index contributed by atoms with van der Waals surface area (Å²) < 4.78 is 42.4. The molecule has 0 aliphatic carbocycles. The number of morpholine rings is 1. The zero-order valence-electron chi connectivity index (χ0n) is 22.8. The van der Waals surface area contributed by atoms with Crippen LogP contribution in [0.5, 0.6) is 0 Å². The fourth-order valence-corrected chi connectivity index (χ4v) is 4.67. The van der Waals surface area contributed by atoms with Crippen molar-refractivity contribution in [2.75, 3.05) is 45.9 Å². The number of alkyl halides is 3.